The number of nitrogens with zero attached hydrogens (tertiary/aromatic N) is 1. The number of benzene rings is 2. The molecule has 30 heavy (non-hydrogen) atoms. The average Bonchev–Trinajstić information content (AvgIpc) is 2.96. The molecule has 2 N–H and O–H groups in total. The highest BCUT2D eigenvalue weighted by Crippen LogP contribution is 2.33. The molecule has 0 unspecified atom stereocenters. The highest BCUT2D eigenvalue weighted by Gasteiger charge is 2.33. The van der Waals surface area contributed by atoms with Gasteiger partial charge >= 0.3 is 0 Å². The maximum absolute atomic E-state index is 12.6. The van der Waals surface area contributed by atoms with E-state index < -0.39 is 28.4 Å². The molecule has 2 amide bonds. The summed E-state index contributed by atoms with van der Waals surface area (Å²) >= 11 is 12.3. The lowest BCUT2D eigenvalue weighted by molar-refractivity contribution is -0.128. The SMILES string of the molecule is Cc1ccc(S(=O)(=O)NNC(=O)CN2C(=O)/C(=C/c3ccccc3Cl)SC2=S)cc1. The Morgan fingerprint density at radius 3 is 2.53 bits per heavy atom. The second-order valence-corrected chi connectivity index (χ2v) is 10.0. The first-order valence-corrected chi connectivity index (χ1v) is 11.6. The Labute approximate surface area is 188 Å². The summed E-state index contributed by atoms with van der Waals surface area (Å²) in [4.78, 5) is 28.2. The molecule has 0 atom stereocenters. The highest BCUT2D eigenvalue weighted by molar-refractivity contribution is 8.26. The number of hydrazine groups is 1. The first kappa shape index (κ1) is 22.4. The molecular formula is C19H16ClN3O4S3. The quantitative estimate of drug-likeness (QED) is 0.374. The largest absolute Gasteiger partial charge is 0.283 e. The zero-order valence-corrected chi connectivity index (χ0v) is 18.8. The van der Waals surface area contributed by atoms with Gasteiger partial charge in [0.2, 0.25) is 0 Å². The molecule has 1 aliphatic heterocycles. The molecule has 2 aromatic rings. The van der Waals surface area contributed by atoms with Crippen molar-refractivity contribution in [3.63, 3.8) is 0 Å². The number of rotatable bonds is 6. The lowest BCUT2D eigenvalue weighted by Gasteiger charge is -2.14. The normalized spacial score (nSPS) is 15.7. The molecule has 0 radical (unpaired) electrons. The molecule has 0 spiro atoms. The number of carbonyl (C=O) groups excluding carboxylic acids is 2. The van der Waals surface area contributed by atoms with Gasteiger partial charge in [0.15, 0.2) is 0 Å². The number of amides is 2. The van der Waals surface area contributed by atoms with Crippen molar-refractivity contribution in [2.45, 2.75) is 11.8 Å². The zero-order valence-electron chi connectivity index (χ0n) is 15.6. The Kier molecular flexibility index (Phi) is 6.94. The maximum Gasteiger partial charge on any atom is 0.266 e. The lowest BCUT2D eigenvalue weighted by atomic mass is 10.2. The molecule has 2 aromatic carbocycles. The van der Waals surface area contributed by atoms with Crippen LogP contribution in [0, 0.1) is 6.92 Å². The molecule has 1 aliphatic rings. The minimum absolute atomic E-state index is 0.00156. The van der Waals surface area contributed by atoms with Gasteiger partial charge in [0, 0.05) is 5.02 Å². The summed E-state index contributed by atoms with van der Waals surface area (Å²) in [5, 5.41) is 0.478. The minimum atomic E-state index is -3.94. The topological polar surface area (TPSA) is 95.6 Å². The molecule has 1 saturated heterocycles. The number of carbonyl (C=O) groups is 2. The van der Waals surface area contributed by atoms with Gasteiger partial charge in [-0.1, -0.05) is 71.5 Å². The highest BCUT2D eigenvalue weighted by atomic mass is 35.5. The van der Waals surface area contributed by atoms with Gasteiger partial charge in [-0.05, 0) is 36.8 Å². The number of thioether (sulfide) groups is 1. The van der Waals surface area contributed by atoms with Crippen LogP contribution in [0.4, 0.5) is 0 Å². The van der Waals surface area contributed by atoms with E-state index in [1.54, 1.807) is 42.5 Å². The van der Waals surface area contributed by atoms with Gasteiger partial charge < -0.3 is 0 Å². The second-order valence-electron chi connectivity index (χ2n) is 6.26. The Bertz CT molecular complexity index is 1150. The summed E-state index contributed by atoms with van der Waals surface area (Å²) in [5.41, 5.74) is 3.65. The predicted octanol–water partition coefficient (Wildman–Crippen LogP) is 2.86. The molecule has 1 fully saturated rings. The summed E-state index contributed by atoms with van der Waals surface area (Å²) in [6.07, 6.45) is 1.60. The molecular weight excluding hydrogens is 466 g/mol. The zero-order chi connectivity index (χ0) is 21.9. The number of halogens is 1. The molecule has 11 heteroatoms. The average molecular weight is 482 g/mol. The summed E-state index contributed by atoms with van der Waals surface area (Å²) in [6.45, 7) is 1.40. The van der Waals surface area contributed by atoms with Crippen LogP contribution in [0.5, 0.6) is 0 Å². The minimum Gasteiger partial charge on any atom is -0.283 e. The van der Waals surface area contributed by atoms with Crippen LogP contribution < -0.4 is 10.3 Å². The van der Waals surface area contributed by atoms with Crippen LogP contribution in [-0.4, -0.2) is 36.0 Å². The molecule has 0 aliphatic carbocycles. The Morgan fingerprint density at radius 1 is 1.20 bits per heavy atom. The third kappa shape index (κ3) is 5.27. The van der Waals surface area contributed by atoms with Crippen molar-refractivity contribution in [2.24, 2.45) is 0 Å². The predicted molar refractivity (Wildman–Crippen MR) is 121 cm³/mol. The van der Waals surface area contributed by atoms with E-state index in [0.717, 1.165) is 22.2 Å². The smallest absolute Gasteiger partial charge is 0.266 e. The second kappa shape index (κ2) is 9.27. The van der Waals surface area contributed by atoms with Gasteiger partial charge in [0.1, 0.15) is 10.9 Å². The fraction of sp³-hybridized carbons (Fsp3) is 0.105. The van der Waals surface area contributed by atoms with Crippen molar-refractivity contribution >= 4 is 67.8 Å². The number of hydrogen-bond donors (Lipinski definition) is 2. The Morgan fingerprint density at radius 2 is 1.87 bits per heavy atom. The number of aryl methyl sites for hydroxylation is 1. The molecule has 0 saturated carbocycles. The molecule has 0 aromatic heterocycles. The van der Waals surface area contributed by atoms with Crippen molar-refractivity contribution in [1.29, 1.82) is 0 Å². The van der Waals surface area contributed by atoms with Crippen LogP contribution in [0.1, 0.15) is 11.1 Å². The van der Waals surface area contributed by atoms with Gasteiger partial charge in [0.05, 0.1) is 9.80 Å². The van der Waals surface area contributed by atoms with Gasteiger partial charge in [0.25, 0.3) is 21.8 Å². The van der Waals surface area contributed by atoms with Gasteiger partial charge in [-0.3, -0.25) is 19.9 Å². The number of hydrogen-bond acceptors (Lipinski definition) is 6. The fourth-order valence-corrected chi connectivity index (χ4v) is 4.75. The van der Waals surface area contributed by atoms with E-state index in [9.17, 15) is 18.0 Å². The molecule has 7 nitrogen and oxygen atoms in total. The van der Waals surface area contributed by atoms with Crippen LogP contribution >= 0.6 is 35.6 Å². The molecule has 156 valence electrons. The van der Waals surface area contributed by atoms with Crippen LogP contribution in [0.25, 0.3) is 6.08 Å². The summed E-state index contributed by atoms with van der Waals surface area (Å²) < 4.78 is 24.7. The van der Waals surface area contributed by atoms with Gasteiger partial charge in [-0.15, -0.1) is 4.83 Å². The number of sulfonamides is 1. The van der Waals surface area contributed by atoms with E-state index in [1.807, 2.05) is 11.8 Å². The monoisotopic (exact) mass is 481 g/mol. The van der Waals surface area contributed by atoms with E-state index in [1.165, 1.54) is 12.1 Å². The fourth-order valence-electron chi connectivity index (χ4n) is 2.45. The first-order chi connectivity index (χ1) is 14.2. The third-order valence-corrected chi connectivity index (χ3v) is 7.01. The van der Waals surface area contributed by atoms with E-state index in [-0.39, 0.29) is 9.22 Å². The van der Waals surface area contributed by atoms with Gasteiger partial charge in [-0.2, -0.15) is 0 Å². The molecule has 3 rings (SSSR count). The number of nitrogens with one attached hydrogen (secondary N) is 2. The Hall–Kier alpha value is -2.24. The van der Waals surface area contributed by atoms with Crippen molar-refractivity contribution in [3.8, 4) is 0 Å². The van der Waals surface area contributed by atoms with Crippen molar-refractivity contribution in [3.05, 3.63) is 69.6 Å². The number of thiocarbonyl (C=S) groups is 1. The van der Waals surface area contributed by atoms with Crippen LogP contribution in [0.15, 0.2) is 58.3 Å². The van der Waals surface area contributed by atoms with Crippen molar-refractivity contribution < 1.29 is 18.0 Å². The molecule has 0 bridgehead atoms. The van der Waals surface area contributed by atoms with Crippen molar-refractivity contribution in [2.75, 3.05) is 6.54 Å². The van der Waals surface area contributed by atoms with Crippen LogP contribution in [0.3, 0.4) is 0 Å². The summed E-state index contributed by atoms with van der Waals surface area (Å²) in [5.74, 6) is -1.19. The van der Waals surface area contributed by atoms with Gasteiger partial charge in [-0.25, -0.2) is 8.42 Å². The summed E-state index contributed by atoms with van der Waals surface area (Å²) in [6, 6.07) is 13.1. The van der Waals surface area contributed by atoms with E-state index in [4.69, 9.17) is 23.8 Å². The van der Waals surface area contributed by atoms with Crippen molar-refractivity contribution in [1.82, 2.24) is 15.2 Å². The third-order valence-electron chi connectivity index (χ3n) is 4.02. The van der Waals surface area contributed by atoms with E-state index in [2.05, 4.69) is 5.43 Å². The maximum atomic E-state index is 12.6. The summed E-state index contributed by atoms with van der Waals surface area (Å²) in [7, 11) is -3.94. The van der Waals surface area contributed by atoms with Crippen LogP contribution in [-0.2, 0) is 19.6 Å². The lowest BCUT2D eigenvalue weighted by Crippen LogP contribution is -2.47. The van der Waals surface area contributed by atoms with E-state index in [0.29, 0.717) is 15.5 Å². The standard InChI is InChI=1S/C19H16ClN3O4S3/c1-12-6-8-14(9-7-12)30(26,27)22-21-17(24)11-23-18(25)16(29-19(23)28)10-13-4-2-3-5-15(13)20/h2-10,22H,11H2,1H3,(H,21,24)/b16-10-. The Balaban J connectivity index is 1.64. The van der Waals surface area contributed by atoms with Crippen LogP contribution in [0.2, 0.25) is 5.02 Å². The van der Waals surface area contributed by atoms with E-state index >= 15 is 0 Å². The first-order valence-electron chi connectivity index (χ1n) is 8.54. The molecule has 1 heterocycles.